The number of carboxylic acid groups (broad SMARTS) is 1. The molecule has 0 radical (unpaired) electrons. The highest BCUT2D eigenvalue weighted by atomic mass is 32.1. The summed E-state index contributed by atoms with van der Waals surface area (Å²) < 4.78 is 0. The van der Waals surface area contributed by atoms with Crippen molar-refractivity contribution in [1.82, 2.24) is 4.90 Å². The number of Topliss-reactive ketones (excluding diaryl/α,β-unsaturated/α-hetero) is 1. The largest absolute Gasteiger partial charge is 0.465 e. The Bertz CT molecular complexity index is 359. The van der Waals surface area contributed by atoms with Crippen LogP contribution in [0.4, 0.5) is 4.79 Å². The molecular weight excluding hydrogens is 202 g/mol. The summed E-state index contributed by atoms with van der Waals surface area (Å²) in [5.74, 6) is 0.0132. The summed E-state index contributed by atoms with van der Waals surface area (Å²) in [5.41, 5.74) is 0. The summed E-state index contributed by atoms with van der Waals surface area (Å²) in [5, 5.41) is 8.62. The molecular formula is C9H11NO3S. The lowest BCUT2D eigenvalue weighted by molar-refractivity contribution is 0.102. The van der Waals surface area contributed by atoms with Gasteiger partial charge in [-0.05, 0) is 19.1 Å². The van der Waals surface area contributed by atoms with E-state index in [4.69, 9.17) is 5.11 Å². The monoisotopic (exact) mass is 213 g/mol. The van der Waals surface area contributed by atoms with Crippen LogP contribution in [0.3, 0.4) is 0 Å². The summed E-state index contributed by atoms with van der Waals surface area (Å²) in [6.07, 6.45) is -0.970. The number of amides is 1. The third-order valence-electron chi connectivity index (χ3n) is 1.73. The van der Waals surface area contributed by atoms with Gasteiger partial charge in [-0.25, -0.2) is 4.79 Å². The lowest BCUT2D eigenvalue weighted by atomic mass is 10.3. The predicted molar refractivity (Wildman–Crippen MR) is 53.8 cm³/mol. The SMILES string of the molecule is CC(=O)c1ccc(CN(C)C(=O)O)s1. The second-order valence-corrected chi connectivity index (χ2v) is 4.13. The van der Waals surface area contributed by atoms with Crippen molar-refractivity contribution in [2.75, 3.05) is 7.05 Å². The van der Waals surface area contributed by atoms with Crippen LogP contribution in [0.5, 0.6) is 0 Å². The van der Waals surface area contributed by atoms with E-state index >= 15 is 0 Å². The predicted octanol–water partition coefficient (Wildman–Crippen LogP) is 2.06. The third kappa shape index (κ3) is 2.56. The molecule has 0 aliphatic carbocycles. The van der Waals surface area contributed by atoms with Gasteiger partial charge in [-0.3, -0.25) is 4.79 Å². The van der Waals surface area contributed by atoms with Crippen molar-refractivity contribution in [1.29, 1.82) is 0 Å². The number of hydrogen-bond donors (Lipinski definition) is 1. The highest BCUT2D eigenvalue weighted by molar-refractivity contribution is 7.14. The Hall–Kier alpha value is -1.36. The van der Waals surface area contributed by atoms with Gasteiger partial charge in [0.15, 0.2) is 5.78 Å². The van der Waals surface area contributed by atoms with Crippen molar-refractivity contribution in [3.05, 3.63) is 21.9 Å². The molecule has 1 amide bonds. The molecule has 5 heteroatoms. The fourth-order valence-electron chi connectivity index (χ4n) is 0.953. The zero-order chi connectivity index (χ0) is 10.7. The number of nitrogens with zero attached hydrogens (tertiary/aromatic N) is 1. The van der Waals surface area contributed by atoms with E-state index in [0.717, 1.165) is 4.88 Å². The van der Waals surface area contributed by atoms with Crippen LogP contribution >= 0.6 is 11.3 Å². The number of carbonyl (C=O) groups is 2. The molecule has 0 atom stereocenters. The van der Waals surface area contributed by atoms with Gasteiger partial charge in [0.1, 0.15) is 0 Å². The Morgan fingerprint density at radius 1 is 1.50 bits per heavy atom. The van der Waals surface area contributed by atoms with E-state index in [2.05, 4.69) is 0 Å². The molecule has 1 rings (SSSR count). The Kier molecular flexibility index (Phi) is 3.24. The number of carbonyl (C=O) groups excluding carboxylic acids is 1. The molecule has 14 heavy (non-hydrogen) atoms. The van der Waals surface area contributed by atoms with Gasteiger partial charge in [0.25, 0.3) is 0 Å². The molecule has 0 saturated heterocycles. The molecule has 0 unspecified atom stereocenters. The van der Waals surface area contributed by atoms with Gasteiger partial charge in [-0.1, -0.05) is 0 Å². The number of rotatable bonds is 3. The molecule has 0 spiro atoms. The molecule has 1 aromatic rings. The quantitative estimate of drug-likeness (QED) is 0.782. The lowest BCUT2D eigenvalue weighted by Crippen LogP contribution is -2.23. The van der Waals surface area contributed by atoms with E-state index in [1.54, 1.807) is 12.1 Å². The minimum atomic E-state index is -0.970. The Morgan fingerprint density at radius 2 is 2.14 bits per heavy atom. The van der Waals surface area contributed by atoms with Crippen molar-refractivity contribution in [3.8, 4) is 0 Å². The van der Waals surface area contributed by atoms with Crippen molar-refractivity contribution in [2.24, 2.45) is 0 Å². The highest BCUT2D eigenvalue weighted by Crippen LogP contribution is 2.18. The van der Waals surface area contributed by atoms with Crippen LogP contribution in [0, 0.1) is 0 Å². The van der Waals surface area contributed by atoms with E-state index in [0.29, 0.717) is 11.4 Å². The average Bonchev–Trinajstić information content (AvgIpc) is 2.52. The lowest BCUT2D eigenvalue weighted by Gasteiger charge is -2.10. The molecule has 0 bridgehead atoms. The van der Waals surface area contributed by atoms with Crippen LogP contribution in [-0.2, 0) is 6.54 Å². The Balaban J connectivity index is 2.69. The van der Waals surface area contributed by atoms with E-state index in [-0.39, 0.29) is 5.78 Å². The van der Waals surface area contributed by atoms with Gasteiger partial charge in [0.2, 0.25) is 0 Å². The van der Waals surface area contributed by atoms with E-state index in [9.17, 15) is 9.59 Å². The van der Waals surface area contributed by atoms with E-state index in [1.165, 1.54) is 30.2 Å². The van der Waals surface area contributed by atoms with Crippen molar-refractivity contribution in [2.45, 2.75) is 13.5 Å². The maximum absolute atomic E-state index is 11.0. The first-order valence-electron chi connectivity index (χ1n) is 4.04. The van der Waals surface area contributed by atoms with E-state index < -0.39 is 6.09 Å². The van der Waals surface area contributed by atoms with Gasteiger partial charge in [0, 0.05) is 11.9 Å². The molecule has 1 heterocycles. The van der Waals surface area contributed by atoms with Crippen LogP contribution in [0.1, 0.15) is 21.5 Å². The number of ketones is 1. The molecule has 4 nitrogen and oxygen atoms in total. The zero-order valence-corrected chi connectivity index (χ0v) is 8.80. The van der Waals surface area contributed by atoms with Crippen molar-refractivity contribution < 1.29 is 14.7 Å². The van der Waals surface area contributed by atoms with Crippen molar-refractivity contribution in [3.63, 3.8) is 0 Å². The first-order valence-corrected chi connectivity index (χ1v) is 4.86. The summed E-state index contributed by atoms with van der Waals surface area (Å²) in [4.78, 5) is 24.2. The van der Waals surface area contributed by atoms with Gasteiger partial charge in [0.05, 0.1) is 11.4 Å². The Labute approximate surface area is 85.8 Å². The fourth-order valence-corrected chi connectivity index (χ4v) is 1.91. The second-order valence-electron chi connectivity index (χ2n) is 2.96. The Morgan fingerprint density at radius 3 is 2.57 bits per heavy atom. The molecule has 76 valence electrons. The fraction of sp³-hybridized carbons (Fsp3) is 0.333. The first kappa shape index (κ1) is 10.7. The summed E-state index contributed by atoms with van der Waals surface area (Å²) >= 11 is 1.33. The van der Waals surface area contributed by atoms with Crippen molar-refractivity contribution >= 4 is 23.2 Å². The molecule has 0 aliphatic heterocycles. The average molecular weight is 213 g/mol. The maximum atomic E-state index is 11.0. The third-order valence-corrected chi connectivity index (χ3v) is 2.90. The number of thiophene rings is 1. The van der Waals surface area contributed by atoms with Gasteiger partial charge in [-0.2, -0.15) is 0 Å². The van der Waals surface area contributed by atoms with E-state index in [1.807, 2.05) is 0 Å². The first-order chi connectivity index (χ1) is 6.50. The minimum absolute atomic E-state index is 0.0132. The molecule has 0 aromatic carbocycles. The van der Waals surface area contributed by atoms with Crippen LogP contribution in [0.15, 0.2) is 12.1 Å². The zero-order valence-electron chi connectivity index (χ0n) is 7.98. The summed E-state index contributed by atoms with van der Waals surface area (Å²) in [6.45, 7) is 1.82. The normalized spacial score (nSPS) is 9.86. The molecule has 1 aromatic heterocycles. The summed E-state index contributed by atoms with van der Waals surface area (Å²) in [6, 6.07) is 3.50. The molecule has 0 fully saturated rings. The number of hydrogen-bond acceptors (Lipinski definition) is 3. The second kappa shape index (κ2) is 4.23. The van der Waals surface area contributed by atoms with Crippen LogP contribution in [0.25, 0.3) is 0 Å². The van der Waals surface area contributed by atoms with Gasteiger partial charge < -0.3 is 10.0 Å². The maximum Gasteiger partial charge on any atom is 0.407 e. The summed E-state index contributed by atoms with van der Waals surface area (Å²) in [7, 11) is 1.50. The van der Waals surface area contributed by atoms with Gasteiger partial charge >= 0.3 is 6.09 Å². The minimum Gasteiger partial charge on any atom is -0.465 e. The molecule has 0 saturated carbocycles. The molecule has 1 N–H and O–H groups in total. The topological polar surface area (TPSA) is 57.6 Å². The van der Waals surface area contributed by atoms with Gasteiger partial charge in [-0.15, -0.1) is 11.3 Å². The van der Waals surface area contributed by atoms with Crippen LogP contribution < -0.4 is 0 Å². The van der Waals surface area contributed by atoms with Crippen LogP contribution in [-0.4, -0.2) is 28.9 Å². The highest BCUT2D eigenvalue weighted by Gasteiger charge is 2.09. The smallest absolute Gasteiger partial charge is 0.407 e. The van der Waals surface area contributed by atoms with Crippen LogP contribution in [0.2, 0.25) is 0 Å². The molecule has 0 aliphatic rings. The standard InChI is InChI=1S/C9H11NO3S/c1-6(11)8-4-3-7(14-8)5-10(2)9(12)13/h3-4H,5H2,1-2H3,(H,12,13).